The minimum absolute atomic E-state index is 0.0672. The molecule has 1 aliphatic heterocycles. The van der Waals surface area contributed by atoms with Gasteiger partial charge in [-0.25, -0.2) is 4.99 Å². The van der Waals surface area contributed by atoms with E-state index in [4.69, 9.17) is 9.15 Å². The van der Waals surface area contributed by atoms with Crippen molar-refractivity contribution in [2.24, 2.45) is 4.99 Å². The molecule has 3 aromatic rings. The van der Waals surface area contributed by atoms with Crippen molar-refractivity contribution < 1.29 is 13.9 Å². The molecule has 5 nitrogen and oxygen atoms in total. The van der Waals surface area contributed by atoms with E-state index >= 15 is 0 Å². The largest absolute Gasteiger partial charge is 0.497 e. The van der Waals surface area contributed by atoms with Crippen molar-refractivity contribution in [2.45, 2.75) is 6.92 Å². The number of furan rings is 1. The van der Waals surface area contributed by atoms with Crippen LogP contribution in [0.4, 0.5) is 5.69 Å². The van der Waals surface area contributed by atoms with Gasteiger partial charge in [0.2, 0.25) is 0 Å². The maximum atomic E-state index is 12.8. The van der Waals surface area contributed by atoms with Gasteiger partial charge >= 0.3 is 0 Å². The van der Waals surface area contributed by atoms with Gasteiger partial charge in [-0.2, -0.15) is 0 Å². The molecule has 146 valence electrons. The van der Waals surface area contributed by atoms with Crippen molar-refractivity contribution in [1.82, 2.24) is 4.90 Å². The highest BCUT2D eigenvalue weighted by atomic mass is 32.2. The number of benzene rings is 2. The van der Waals surface area contributed by atoms with Gasteiger partial charge in [0, 0.05) is 18.2 Å². The first kappa shape index (κ1) is 19.1. The second-order valence-electron chi connectivity index (χ2n) is 6.32. The summed E-state index contributed by atoms with van der Waals surface area (Å²) in [5.74, 6) is 2.11. The molecular weight excluding hydrogens is 384 g/mol. The number of likely N-dealkylation sites (N-methyl/N-ethyl adjacent to an activating group) is 1. The SMILES string of the molecule is CCN1C(=O)/C(=C\c2ccc(-c3ccccc3)o2)SC1=Nc1ccc(OC)cc1. The van der Waals surface area contributed by atoms with Gasteiger partial charge in [-0.1, -0.05) is 30.3 Å². The molecule has 2 heterocycles. The molecule has 1 saturated heterocycles. The topological polar surface area (TPSA) is 55.0 Å². The highest BCUT2D eigenvalue weighted by Crippen LogP contribution is 2.35. The number of hydrogen-bond donors (Lipinski definition) is 0. The summed E-state index contributed by atoms with van der Waals surface area (Å²) >= 11 is 1.35. The minimum Gasteiger partial charge on any atom is -0.497 e. The lowest BCUT2D eigenvalue weighted by Crippen LogP contribution is -2.28. The van der Waals surface area contributed by atoms with Crippen molar-refractivity contribution in [2.75, 3.05) is 13.7 Å². The number of amidine groups is 1. The van der Waals surface area contributed by atoms with Gasteiger partial charge in [-0.3, -0.25) is 9.69 Å². The third-order valence-corrected chi connectivity index (χ3v) is 5.47. The lowest BCUT2D eigenvalue weighted by atomic mass is 10.2. The summed E-state index contributed by atoms with van der Waals surface area (Å²) in [5, 5.41) is 0.656. The number of aliphatic imine (C=N–C) groups is 1. The van der Waals surface area contributed by atoms with E-state index in [1.54, 1.807) is 18.1 Å². The molecule has 0 N–H and O–H groups in total. The average Bonchev–Trinajstić information content (AvgIpc) is 3.34. The van der Waals surface area contributed by atoms with E-state index in [1.807, 2.05) is 73.7 Å². The first-order chi connectivity index (χ1) is 14.2. The smallest absolute Gasteiger partial charge is 0.266 e. The number of carbonyl (C=O) groups is 1. The maximum Gasteiger partial charge on any atom is 0.266 e. The molecule has 1 aliphatic rings. The number of nitrogens with zero attached hydrogens (tertiary/aromatic N) is 2. The van der Waals surface area contributed by atoms with E-state index in [2.05, 4.69) is 4.99 Å². The second kappa shape index (κ2) is 8.41. The Labute approximate surface area is 173 Å². The summed E-state index contributed by atoms with van der Waals surface area (Å²) in [7, 11) is 1.63. The van der Waals surface area contributed by atoms with Gasteiger partial charge in [0.15, 0.2) is 5.17 Å². The van der Waals surface area contributed by atoms with E-state index in [-0.39, 0.29) is 5.91 Å². The van der Waals surface area contributed by atoms with Crippen LogP contribution in [0.25, 0.3) is 17.4 Å². The molecule has 0 atom stereocenters. The van der Waals surface area contributed by atoms with Crippen molar-refractivity contribution >= 4 is 34.6 Å². The normalized spacial score (nSPS) is 16.8. The third-order valence-electron chi connectivity index (χ3n) is 4.46. The summed E-state index contributed by atoms with van der Waals surface area (Å²) in [4.78, 5) is 19.7. The van der Waals surface area contributed by atoms with Crippen LogP contribution in [0.1, 0.15) is 12.7 Å². The summed E-state index contributed by atoms with van der Waals surface area (Å²) in [5.41, 5.74) is 1.77. The molecule has 0 aliphatic carbocycles. The molecule has 1 fully saturated rings. The highest BCUT2D eigenvalue weighted by Gasteiger charge is 2.32. The Morgan fingerprint density at radius 2 is 1.83 bits per heavy atom. The molecule has 6 heteroatoms. The quantitative estimate of drug-likeness (QED) is 0.521. The van der Waals surface area contributed by atoms with Crippen LogP contribution in [0.3, 0.4) is 0 Å². The number of methoxy groups -OCH3 is 1. The highest BCUT2D eigenvalue weighted by molar-refractivity contribution is 8.18. The van der Waals surface area contributed by atoms with E-state index in [9.17, 15) is 4.79 Å². The van der Waals surface area contributed by atoms with E-state index in [0.29, 0.717) is 22.4 Å². The summed E-state index contributed by atoms with van der Waals surface area (Å²) < 4.78 is 11.1. The first-order valence-electron chi connectivity index (χ1n) is 9.27. The molecule has 29 heavy (non-hydrogen) atoms. The third kappa shape index (κ3) is 4.12. The fraction of sp³-hybridized carbons (Fsp3) is 0.130. The van der Waals surface area contributed by atoms with Gasteiger partial charge in [0.05, 0.1) is 17.7 Å². The molecule has 4 rings (SSSR count). The molecule has 0 spiro atoms. The Bertz CT molecular complexity index is 1070. The van der Waals surface area contributed by atoms with Gasteiger partial charge in [0.25, 0.3) is 5.91 Å². The number of hydrogen-bond acceptors (Lipinski definition) is 5. The molecule has 0 unspecified atom stereocenters. The standard InChI is InChI=1S/C23H20N2O3S/c1-3-25-22(26)21(29-23(25)24-17-9-11-18(27-2)12-10-17)15-19-13-14-20(28-19)16-7-5-4-6-8-16/h4-15H,3H2,1-2H3/b21-15+,24-23?. The predicted molar refractivity (Wildman–Crippen MR) is 117 cm³/mol. The Morgan fingerprint density at radius 3 is 2.52 bits per heavy atom. The lowest BCUT2D eigenvalue weighted by Gasteiger charge is -2.12. The van der Waals surface area contributed by atoms with Crippen molar-refractivity contribution in [3.63, 3.8) is 0 Å². The fourth-order valence-electron chi connectivity index (χ4n) is 2.95. The van der Waals surface area contributed by atoms with Crippen molar-refractivity contribution in [1.29, 1.82) is 0 Å². The Balaban J connectivity index is 1.59. The van der Waals surface area contributed by atoms with Crippen LogP contribution < -0.4 is 4.74 Å². The average molecular weight is 404 g/mol. The Hall–Kier alpha value is -3.25. The molecule has 1 amide bonds. The van der Waals surface area contributed by atoms with E-state index in [0.717, 1.165) is 22.8 Å². The van der Waals surface area contributed by atoms with Gasteiger partial charge in [-0.15, -0.1) is 0 Å². The monoisotopic (exact) mass is 404 g/mol. The van der Waals surface area contributed by atoms with E-state index in [1.165, 1.54) is 11.8 Å². The lowest BCUT2D eigenvalue weighted by molar-refractivity contribution is -0.122. The zero-order chi connectivity index (χ0) is 20.2. The molecule has 0 saturated carbocycles. The maximum absolute atomic E-state index is 12.8. The Morgan fingerprint density at radius 1 is 1.07 bits per heavy atom. The molecule has 0 radical (unpaired) electrons. The summed E-state index contributed by atoms with van der Waals surface area (Å²) in [6, 6.07) is 21.1. The van der Waals surface area contributed by atoms with Gasteiger partial charge in [0.1, 0.15) is 17.3 Å². The fourth-order valence-corrected chi connectivity index (χ4v) is 4.00. The molecule has 2 aromatic carbocycles. The van der Waals surface area contributed by atoms with Crippen molar-refractivity contribution in [3.05, 3.63) is 77.4 Å². The van der Waals surface area contributed by atoms with Crippen molar-refractivity contribution in [3.8, 4) is 17.1 Å². The zero-order valence-electron chi connectivity index (χ0n) is 16.2. The molecule has 1 aromatic heterocycles. The van der Waals surface area contributed by atoms with Gasteiger partial charge < -0.3 is 9.15 Å². The first-order valence-corrected chi connectivity index (χ1v) is 10.1. The number of thioether (sulfide) groups is 1. The van der Waals surface area contributed by atoms with Crippen LogP contribution in [-0.4, -0.2) is 29.6 Å². The van der Waals surface area contributed by atoms with Crippen LogP contribution in [0, 0.1) is 0 Å². The number of amides is 1. The number of ether oxygens (including phenoxy) is 1. The number of rotatable bonds is 5. The zero-order valence-corrected chi connectivity index (χ0v) is 17.0. The molecular formula is C23H20N2O3S. The van der Waals surface area contributed by atoms with Crippen LogP contribution in [0.15, 0.2) is 81.0 Å². The van der Waals surface area contributed by atoms with E-state index < -0.39 is 0 Å². The summed E-state index contributed by atoms with van der Waals surface area (Å²) in [6.07, 6.45) is 1.78. The van der Waals surface area contributed by atoms with Crippen LogP contribution in [0.5, 0.6) is 5.75 Å². The minimum atomic E-state index is -0.0672. The van der Waals surface area contributed by atoms with Crippen LogP contribution in [-0.2, 0) is 4.79 Å². The van der Waals surface area contributed by atoms with Crippen LogP contribution >= 0.6 is 11.8 Å². The predicted octanol–water partition coefficient (Wildman–Crippen LogP) is 5.58. The Kier molecular flexibility index (Phi) is 5.53. The number of carbonyl (C=O) groups excluding carboxylic acids is 1. The second-order valence-corrected chi connectivity index (χ2v) is 7.33. The summed E-state index contributed by atoms with van der Waals surface area (Å²) in [6.45, 7) is 2.48. The van der Waals surface area contributed by atoms with Gasteiger partial charge in [-0.05, 0) is 55.1 Å². The van der Waals surface area contributed by atoms with Crippen LogP contribution in [0.2, 0.25) is 0 Å². The molecule has 0 bridgehead atoms.